The molecule has 4 nitrogen and oxygen atoms in total. The van der Waals surface area contributed by atoms with E-state index in [2.05, 4.69) is 0 Å². The summed E-state index contributed by atoms with van der Waals surface area (Å²) in [6, 6.07) is 0. The third-order valence-corrected chi connectivity index (χ3v) is 1.88. The highest BCUT2D eigenvalue weighted by Crippen LogP contribution is 2.13. The van der Waals surface area contributed by atoms with Gasteiger partial charge in [0.1, 0.15) is 5.54 Å². The van der Waals surface area contributed by atoms with Gasteiger partial charge in [-0.25, -0.2) is 0 Å². The Morgan fingerprint density at radius 1 is 1.64 bits per heavy atom. The van der Waals surface area contributed by atoms with E-state index in [-0.39, 0.29) is 0 Å². The molecule has 11 heavy (non-hydrogen) atoms. The number of carboxylic acids is 1. The fourth-order valence-corrected chi connectivity index (χ4v) is 0.852. The average Bonchev–Trinajstić information content (AvgIpc) is 2.00. The number of hydrogen-bond acceptors (Lipinski definition) is 3. The number of rotatable bonds is 5. The lowest BCUT2D eigenvalue weighted by Crippen LogP contribution is -2.47. The van der Waals surface area contributed by atoms with Crippen LogP contribution in [-0.4, -0.2) is 23.2 Å². The van der Waals surface area contributed by atoms with E-state index in [1.54, 1.807) is 6.92 Å². The molecule has 4 heteroatoms. The van der Waals surface area contributed by atoms with Crippen molar-refractivity contribution in [3.05, 3.63) is 0 Å². The van der Waals surface area contributed by atoms with Gasteiger partial charge < -0.3 is 16.6 Å². The summed E-state index contributed by atoms with van der Waals surface area (Å²) >= 11 is 0. The second-order valence-corrected chi connectivity index (χ2v) is 2.71. The highest BCUT2D eigenvalue weighted by atomic mass is 16.4. The topological polar surface area (TPSA) is 89.3 Å². The molecule has 0 heterocycles. The van der Waals surface area contributed by atoms with Crippen molar-refractivity contribution in [3.8, 4) is 0 Å². The molecule has 0 radical (unpaired) electrons. The minimum atomic E-state index is -1.07. The van der Waals surface area contributed by atoms with E-state index < -0.39 is 11.5 Å². The number of carboxylic acid groups (broad SMARTS) is 1. The van der Waals surface area contributed by atoms with E-state index in [1.165, 1.54) is 0 Å². The summed E-state index contributed by atoms with van der Waals surface area (Å²) in [5.41, 5.74) is 9.74. The minimum absolute atomic E-state index is 0.447. The van der Waals surface area contributed by atoms with Crippen LogP contribution in [0.25, 0.3) is 0 Å². The van der Waals surface area contributed by atoms with Crippen LogP contribution in [0.3, 0.4) is 0 Å². The predicted molar refractivity (Wildman–Crippen MR) is 43.1 cm³/mol. The summed E-state index contributed by atoms with van der Waals surface area (Å²) < 4.78 is 0. The van der Waals surface area contributed by atoms with Crippen molar-refractivity contribution in [2.75, 3.05) is 6.54 Å². The minimum Gasteiger partial charge on any atom is -0.480 e. The smallest absolute Gasteiger partial charge is 0.323 e. The maximum atomic E-state index is 10.6. The summed E-state index contributed by atoms with van der Waals surface area (Å²) in [4.78, 5) is 10.6. The van der Waals surface area contributed by atoms with Crippen LogP contribution in [0.15, 0.2) is 0 Å². The van der Waals surface area contributed by atoms with Gasteiger partial charge in [0.25, 0.3) is 0 Å². The fraction of sp³-hybridized carbons (Fsp3) is 0.857. The highest BCUT2D eigenvalue weighted by molar-refractivity contribution is 5.78. The van der Waals surface area contributed by atoms with Gasteiger partial charge in [-0.2, -0.15) is 0 Å². The molecule has 0 aliphatic carbocycles. The van der Waals surface area contributed by atoms with Crippen LogP contribution >= 0.6 is 0 Å². The van der Waals surface area contributed by atoms with Gasteiger partial charge in [0, 0.05) is 0 Å². The first-order valence-electron chi connectivity index (χ1n) is 3.79. The first-order valence-corrected chi connectivity index (χ1v) is 3.79. The molecule has 0 aromatic carbocycles. The number of carbonyl (C=O) groups is 1. The van der Waals surface area contributed by atoms with E-state index in [9.17, 15) is 4.79 Å². The predicted octanol–water partition coefficient (Wildman–Crippen LogP) is -0.0826. The van der Waals surface area contributed by atoms with Crippen LogP contribution in [0.2, 0.25) is 0 Å². The fourth-order valence-electron chi connectivity index (χ4n) is 0.852. The molecule has 0 saturated carbocycles. The molecule has 0 aliphatic rings. The molecule has 0 bridgehead atoms. The lowest BCUT2D eigenvalue weighted by Gasteiger charge is -2.22. The summed E-state index contributed by atoms with van der Waals surface area (Å²) in [6.45, 7) is 2.26. The van der Waals surface area contributed by atoms with Gasteiger partial charge in [-0.3, -0.25) is 4.79 Å². The molecule has 0 saturated heterocycles. The second kappa shape index (κ2) is 4.31. The monoisotopic (exact) mass is 160 g/mol. The van der Waals surface area contributed by atoms with Gasteiger partial charge in [-0.15, -0.1) is 0 Å². The third kappa shape index (κ3) is 2.86. The Bertz CT molecular complexity index is 138. The maximum Gasteiger partial charge on any atom is 0.323 e. The molecule has 0 aromatic heterocycles. The zero-order chi connectivity index (χ0) is 8.91. The quantitative estimate of drug-likeness (QED) is 0.524. The summed E-state index contributed by atoms with van der Waals surface area (Å²) in [5.74, 6) is -0.937. The van der Waals surface area contributed by atoms with E-state index in [0.717, 1.165) is 0 Å². The van der Waals surface area contributed by atoms with Gasteiger partial charge in [0.2, 0.25) is 0 Å². The van der Waals surface area contributed by atoms with Gasteiger partial charge >= 0.3 is 5.97 Å². The van der Waals surface area contributed by atoms with Crippen molar-refractivity contribution in [1.82, 2.24) is 0 Å². The van der Waals surface area contributed by atoms with Crippen molar-refractivity contribution < 1.29 is 9.90 Å². The number of aliphatic carboxylic acids is 1. The molecule has 66 valence electrons. The number of hydrogen-bond donors (Lipinski definition) is 3. The molecule has 0 spiro atoms. The largest absolute Gasteiger partial charge is 0.480 e. The molecule has 0 rings (SSSR count). The van der Waals surface area contributed by atoms with E-state index in [1.807, 2.05) is 0 Å². The van der Waals surface area contributed by atoms with Crippen LogP contribution < -0.4 is 11.5 Å². The first-order chi connectivity index (χ1) is 5.06. The maximum absolute atomic E-state index is 10.6. The lowest BCUT2D eigenvalue weighted by atomic mass is 9.92. The van der Waals surface area contributed by atoms with Gasteiger partial charge in [0.05, 0.1) is 0 Å². The van der Waals surface area contributed by atoms with Gasteiger partial charge in [0.15, 0.2) is 0 Å². The molecular formula is C7H16N2O2. The van der Waals surface area contributed by atoms with Crippen LogP contribution in [0, 0.1) is 0 Å². The SMILES string of the molecule is CCC(N)(CCCN)C(=O)O. The third-order valence-electron chi connectivity index (χ3n) is 1.88. The molecule has 0 amide bonds. The molecule has 0 aromatic rings. The van der Waals surface area contributed by atoms with Crippen LogP contribution in [0.4, 0.5) is 0 Å². The Kier molecular flexibility index (Phi) is 4.07. The summed E-state index contributed by atoms with van der Waals surface area (Å²) in [5, 5.41) is 8.69. The van der Waals surface area contributed by atoms with Crippen LogP contribution in [0.5, 0.6) is 0 Å². The Labute approximate surface area is 66.6 Å². The summed E-state index contributed by atoms with van der Waals surface area (Å²) in [7, 11) is 0. The van der Waals surface area contributed by atoms with E-state index >= 15 is 0 Å². The molecule has 1 atom stereocenters. The van der Waals surface area contributed by atoms with Crippen molar-refractivity contribution in [3.63, 3.8) is 0 Å². The Morgan fingerprint density at radius 2 is 2.18 bits per heavy atom. The molecule has 1 unspecified atom stereocenters. The zero-order valence-electron chi connectivity index (χ0n) is 6.84. The Morgan fingerprint density at radius 3 is 2.45 bits per heavy atom. The molecule has 5 N–H and O–H groups in total. The van der Waals surface area contributed by atoms with Gasteiger partial charge in [-0.05, 0) is 25.8 Å². The summed E-state index contributed by atoms with van der Waals surface area (Å²) in [6.07, 6.45) is 1.56. The van der Waals surface area contributed by atoms with Crippen LogP contribution in [-0.2, 0) is 4.79 Å². The number of nitrogens with two attached hydrogens (primary N) is 2. The lowest BCUT2D eigenvalue weighted by molar-refractivity contribution is -0.143. The molecule has 0 aliphatic heterocycles. The standard InChI is InChI=1S/C7H16N2O2/c1-2-7(9,6(10)11)4-3-5-8/h2-5,8-9H2,1H3,(H,10,11). The van der Waals surface area contributed by atoms with Crippen molar-refractivity contribution in [2.45, 2.75) is 31.7 Å². The molecule has 0 fully saturated rings. The average molecular weight is 160 g/mol. The van der Waals surface area contributed by atoms with Crippen molar-refractivity contribution >= 4 is 5.97 Å². The highest BCUT2D eigenvalue weighted by Gasteiger charge is 2.30. The van der Waals surface area contributed by atoms with Crippen molar-refractivity contribution in [1.29, 1.82) is 0 Å². The Balaban J connectivity index is 3.99. The zero-order valence-corrected chi connectivity index (χ0v) is 6.84. The molecular weight excluding hydrogens is 144 g/mol. The normalized spacial score (nSPS) is 15.9. The Hall–Kier alpha value is -0.610. The second-order valence-electron chi connectivity index (χ2n) is 2.71. The van der Waals surface area contributed by atoms with Gasteiger partial charge in [-0.1, -0.05) is 6.92 Å². The van der Waals surface area contributed by atoms with Crippen molar-refractivity contribution in [2.24, 2.45) is 11.5 Å². The van der Waals surface area contributed by atoms with E-state index in [0.29, 0.717) is 25.8 Å². The van der Waals surface area contributed by atoms with Crippen LogP contribution in [0.1, 0.15) is 26.2 Å². The first kappa shape index (κ1) is 10.4. The van der Waals surface area contributed by atoms with E-state index in [4.69, 9.17) is 16.6 Å².